The van der Waals surface area contributed by atoms with Gasteiger partial charge >= 0.3 is 12.1 Å². The first-order valence-corrected chi connectivity index (χ1v) is 7.92. The fourth-order valence-electron chi connectivity index (χ4n) is 2.83. The van der Waals surface area contributed by atoms with Gasteiger partial charge < -0.3 is 24.7 Å². The Kier molecular flexibility index (Phi) is 7.05. The summed E-state index contributed by atoms with van der Waals surface area (Å²) in [6.45, 7) is 6.33. The number of aliphatic carboxylic acids is 1. The number of carboxylic acid groups (broad SMARTS) is 1. The maximum absolute atomic E-state index is 12.0. The van der Waals surface area contributed by atoms with E-state index < -0.39 is 47.7 Å². The van der Waals surface area contributed by atoms with Crippen LogP contribution in [0.5, 0.6) is 0 Å². The van der Waals surface area contributed by atoms with Gasteiger partial charge in [0.15, 0.2) is 0 Å². The van der Waals surface area contributed by atoms with E-state index in [9.17, 15) is 19.5 Å². The van der Waals surface area contributed by atoms with Crippen LogP contribution in [0.3, 0.4) is 0 Å². The summed E-state index contributed by atoms with van der Waals surface area (Å²) in [6.07, 6.45) is -1.54. The third-order valence-corrected chi connectivity index (χ3v) is 3.67. The van der Waals surface area contributed by atoms with Crippen LogP contribution in [0, 0.1) is 5.92 Å². The lowest BCUT2D eigenvalue weighted by atomic mass is 9.78. The number of ether oxygens (including phenoxy) is 2. The third kappa shape index (κ3) is 7.30. The average Bonchev–Trinajstić information content (AvgIpc) is 2.40. The van der Waals surface area contributed by atoms with Gasteiger partial charge in [-0.05, 0) is 51.5 Å². The molecular weight excluding hydrogens is 332 g/mol. The Labute approximate surface area is 145 Å². The normalized spacial score (nSPS) is 26.1. The van der Waals surface area contributed by atoms with Gasteiger partial charge in [-0.2, -0.15) is 0 Å². The van der Waals surface area contributed by atoms with Crippen molar-refractivity contribution in [2.45, 2.75) is 70.7 Å². The first-order valence-electron chi connectivity index (χ1n) is 7.92. The van der Waals surface area contributed by atoms with Gasteiger partial charge in [0.05, 0.1) is 6.04 Å². The Morgan fingerprint density at radius 2 is 1.96 bits per heavy atom. The molecular formula is C15H23N4O6-. The number of hydrogen-bond acceptors (Lipinski definition) is 7. The van der Waals surface area contributed by atoms with E-state index in [1.807, 2.05) is 0 Å². The zero-order valence-corrected chi connectivity index (χ0v) is 14.7. The van der Waals surface area contributed by atoms with E-state index in [2.05, 4.69) is 15.3 Å². The van der Waals surface area contributed by atoms with Crippen LogP contribution in [0.15, 0.2) is 5.11 Å². The quantitative estimate of drug-likeness (QED) is 0.336. The van der Waals surface area contributed by atoms with Gasteiger partial charge in [0.2, 0.25) is 0 Å². The fraction of sp³-hybridized carbons (Fsp3) is 0.800. The number of azide groups is 1. The van der Waals surface area contributed by atoms with Crippen LogP contribution in [0.4, 0.5) is 4.79 Å². The van der Waals surface area contributed by atoms with Gasteiger partial charge in [0.25, 0.3) is 0 Å². The van der Waals surface area contributed by atoms with E-state index in [-0.39, 0.29) is 19.3 Å². The van der Waals surface area contributed by atoms with Crippen LogP contribution in [-0.2, 0) is 19.1 Å². The molecule has 0 aliphatic heterocycles. The summed E-state index contributed by atoms with van der Waals surface area (Å²) in [4.78, 5) is 37.0. The summed E-state index contributed by atoms with van der Waals surface area (Å²) in [5.74, 6) is -2.39. The molecule has 0 spiro atoms. The molecule has 140 valence electrons. The maximum atomic E-state index is 12.0. The number of nitrogens with zero attached hydrogens (tertiary/aromatic N) is 3. The number of carboxylic acids is 1. The van der Waals surface area contributed by atoms with Crippen molar-refractivity contribution in [3.05, 3.63) is 10.4 Å². The van der Waals surface area contributed by atoms with Crippen LogP contribution in [0.2, 0.25) is 0 Å². The van der Waals surface area contributed by atoms with E-state index in [4.69, 9.17) is 15.0 Å². The molecule has 1 aliphatic carbocycles. The summed E-state index contributed by atoms with van der Waals surface area (Å²) in [5.41, 5.74) is 7.96. The van der Waals surface area contributed by atoms with E-state index >= 15 is 0 Å². The minimum Gasteiger partial charge on any atom is -0.550 e. The third-order valence-electron chi connectivity index (χ3n) is 3.67. The highest BCUT2D eigenvalue weighted by Gasteiger charge is 2.39. The van der Waals surface area contributed by atoms with Crippen LogP contribution in [0.1, 0.15) is 47.0 Å². The monoisotopic (exact) mass is 355 g/mol. The number of rotatable bonds is 5. The maximum Gasteiger partial charge on any atom is 0.408 e. The molecule has 10 nitrogen and oxygen atoms in total. The van der Waals surface area contributed by atoms with Crippen molar-refractivity contribution in [1.29, 1.82) is 0 Å². The van der Waals surface area contributed by atoms with Gasteiger partial charge in [0.1, 0.15) is 11.7 Å². The Hall–Kier alpha value is -2.48. The molecule has 0 aromatic heterocycles. The molecule has 25 heavy (non-hydrogen) atoms. The van der Waals surface area contributed by atoms with E-state index in [0.717, 1.165) is 0 Å². The summed E-state index contributed by atoms with van der Waals surface area (Å²) < 4.78 is 10.4. The van der Waals surface area contributed by atoms with Crippen molar-refractivity contribution in [2.75, 3.05) is 0 Å². The molecule has 1 aliphatic rings. The van der Waals surface area contributed by atoms with Crippen molar-refractivity contribution >= 4 is 18.0 Å². The van der Waals surface area contributed by atoms with Gasteiger partial charge in [-0.15, -0.1) is 0 Å². The molecule has 1 rings (SSSR count). The zero-order chi connectivity index (χ0) is 19.2. The zero-order valence-electron chi connectivity index (χ0n) is 14.7. The van der Waals surface area contributed by atoms with Crippen molar-refractivity contribution in [3.63, 3.8) is 0 Å². The minimum atomic E-state index is -1.29. The lowest BCUT2D eigenvalue weighted by Crippen LogP contribution is -2.53. The molecule has 1 amide bonds. The SMILES string of the molecule is CC(=O)O[C@@H]1C[C@@H](N=[N+]=[N-])[C@@H](CC(=O)[O-])C[C@H]1NC(=O)OC(C)(C)C. The van der Waals surface area contributed by atoms with Gasteiger partial charge in [0, 0.05) is 23.8 Å². The number of amides is 1. The summed E-state index contributed by atoms with van der Waals surface area (Å²) in [5, 5.41) is 17.2. The van der Waals surface area contributed by atoms with Crippen LogP contribution >= 0.6 is 0 Å². The van der Waals surface area contributed by atoms with E-state index in [0.29, 0.717) is 0 Å². The Morgan fingerprint density at radius 3 is 2.44 bits per heavy atom. The highest BCUT2D eigenvalue weighted by molar-refractivity contribution is 5.69. The highest BCUT2D eigenvalue weighted by Crippen LogP contribution is 2.32. The van der Waals surface area contributed by atoms with Crippen molar-refractivity contribution < 1.29 is 29.0 Å². The first-order chi connectivity index (χ1) is 11.5. The molecule has 1 fully saturated rings. The Bertz CT molecular complexity index is 567. The predicted octanol–water partition coefficient (Wildman–Crippen LogP) is 1.04. The van der Waals surface area contributed by atoms with E-state index in [1.54, 1.807) is 20.8 Å². The molecule has 1 N–H and O–H groups in total. The second kappa shape index (κ2) is 8.57. The highest BCUT2D eigenvalue weighted by atomic mass is 16.6. The lowest BCUT2D eigenvalue weighted by molar-refractivity contribution is -0.307. The number of carbonyl (C=O) groups is 3. The largest absolute Gasteiger partial charge is 0.550 e. The molecule has 0 aromatic rings. The minimum absolute atomic E-state index is 0.0993. The molecule has 0 unspecified atom stereocenters. The number of hydrogen-bond donors (Lipinski definition) is 1. The molecule has 1 saturated carbocycles. The summed E-state index contributed by atoms with van der Waals surface area (Å²) in [6, 6.07) is -1.34. The predicted molar refractivity (Wildman–Crippen MR) is 84.0 cm³/mol. The number of alkyl carbamates (subject to hydrolysis) is 1. The molecule has 10 heteroatoms. The van der Waals surface area contributed by atoms with Crippen LogP contribution < -0.4 is 10.4 Å². The topological polar surface area (TPSA) is 154 Å². The van der Waals surface area contributed by atoms with Crippen LogP contribution in [0.25, 0.3) is 10.4 Å². The summed E-state index contributed by atoms with van der Waals surface area (Å²) in [7, 11) is 0. The molecule has 0 radical (unpaired) electrons. The number of esters is 1. The second-order valence-corrected chi connectivity index (χ2v) is 6.98. The molecule has 0 aromatic carbocycles. The van der Waals surface area contributed by atoms with Crippen LogP contribution in [-0.4, -0.2) is 41.8 Å². The number of nitrogens with one attached hydrogen (secondary N) is 1. The lowest BCUT2D eigenvalue weighted by Gasteiger charge is -2.39. The summed E-state index contributed by atoms with van der Waals surface area (Å²) >= 11 is 0. The smallest absolute Gasteiger partial charge is 0.408 e. The second-order valence-electron chi connectivity index (χ2n) is 6.98. The molecule has 0 saturated heterocycles. The fourth-order valence-corrected chi connectivity index (χ4v) is 2.83. The molecule has 0 heterocycles. The first kappa shape index (κ1) is 20.6. The molecule has 0 bridgehead atoms. The standard InChI is InChI=1S/C15H24N4O6/c1-8(20)24-12-7-10(18-19-16)9(6-13(21)22)5-11(12)17-14(23)25-15(2,3)4/h9-12H,5-7H2,1-4H3,(H,17,23)(H,21,22)/p-1/t9-,10-,11-,12-/m1/s1. The average molecular weight is 355 g/mol. The molecule has 4 atom stereocenters. The van der Waals surface area contributed by atoms with Crippen molar-refractivity contribution in [1.82, 2.24) is 5.32 Å². The van der Waals surface area contributed by atoms with Crippen molar-refractivity contribution in [2.24, 2.45) is 11.0 Å². The van der Waals surface area contributed by atoms with E-state index in [1.165, 1.54) is 6.92 Å². The van der Waals surface area contributed by atoms with Crippen molar-refractivity contribution in [3.8, 4) is 0 Å². The Balaban J connectivity index is 2.95. The number of carbonyl (C=O) groups excluding carboxylic acids is 3. The van der Waals surface area contributed by atoms with Gasteiger partial charge in [-0.1, -0.05) is 5.11 Å². The Morgan fingerprint density at radius 1 is 1.32 bits per heavy atom. The van der Waals surface area contributed by atoms with Gasteiger partial charge in [-0.25, -0.2) is 4.79 Å². The van der Waals surface area contributed by atoms with Gasteiger partial charge in [-0.3, -0.25) is 4.79 Å².